The molecule has 1 aliphatic carbocycles. The summed E-state index contributed by atoms with van der Waals surface area (Å²) in [7, 11) is -4.73. The normalized spacial score (nSPS) is 24.0. The maximum Gasteiger partial charge on any atom is 0.297 e. The average molecular weight is 1040 g/mol. The van der Waals surface area contributed by atoms with Crippen molar-refractivity contribution in [1.82, 2.24) is 24.5 Å². The molecule has 3 atom stereocenters. The molecule has 75 heavy (non-hydrogen) atoms. The zero-order chi connectivity index (χ0) is 52.2. The molecule has 0 unspecified atom stereocenters. The van der Waals surface area contributed by atoms with Crippen LogP contribution in [0.1, 0.15) is 105 Å². The molecular weight excluding hydrogens is 976 g/mol. The van der Waals surface area contributed by atoms with Crippen LogP contribution in [0.15, 0.2) is 108 Å². The topological polar surface area (TPSA) is 195 Å². The fourth-order valence-electron chi connectivity index (χ4n) is 12.5. The number of nitro groups is 1. The zero-order valence-corrected chi connectivity index (χ0v) is 43.5. The van der Waals surface area contributed by atoms with Gasteiger partial charge < -0.3 is 29.8 Å². The lowest BCUT2D eigenvalue weighted by Crippen LogP contribution is -2.65. The van der Waals surface area contributed by atoms with Gasteiger partial charge in [0.1, 0.15) is 29.6 Å². The smallest absolute Gasteiger partial charge is 0.297 e. The molecule has 18 heteroatoms. The van der Waals surface area contributed by atoms with Gasteiger partial charge in [0.25, 0.3) is 21.6 Å². The van der Waals surface area contributed by atoms with Crippen LogP contribution in [0.5, 0.6) is 17.2 Å². The zero-order valence-electron chi connectivity index (χ0n) is 42.6. The maximum absolute atomic E-state index is 14.8. The molecule has 4 aliphatic heterocycles. The van der Waals surface area contributed by atoms with Crippen LogP contribution in [0, 0.1) is 27.3 Å². The van der Waals surface area contributed by atoms with E-state index < -0.39 is 42.9 Å². The number of benzene rings is 4. The summed E-state index contributed by atoms with van der Waals surface area (Å²) in [6.07, 6.45) is 8.15. The van der Waals surface area contributed by atoms with Crippen molar-refractivity contribution in [3.05, 3.63) is 142 Å². The van der Waals surface area contributed by atoms with E-state index in [1.807, 2.05) is 0 Å². The molecule has 0 bridgehead atoms. The Morgan fingerprint density at radius 1 is 0.987 bits per heavy atom. The number of halogens is 1. The highest BCUT2D eigenvalue weighted by atomic mass is 32.2. The fourth-order valence-corrected chi connectivity index (χ4v) is 13.5. The second kappa shape index (κ2) is 20.2. The number of amides is 1. The molecule has 6 aromatic rings. The van der Waals surface area contributed by atoms with E-state index in [0.29, 0.717) is 49.2 Å². The van der Waals surface area contributed by atoms with Crippen LogP contribution < -0.4 is 24.4 Å². The molecule has 394 valence electrons. The molecule has 5 aliphatic rings. The number of likely N-dealkylation sites (tertiary alicyclic amines) is 2. The molecule has 4 aromatic carbocycles. The first-order valence-electron chi connectivity index (χ1n) is 26.3. The predicted octanol–water partition coefficient (Wildman–Crippen LogP) is 9.72. The Morgan fingerprint density at radius 3 is 2.48 bits per heavy atom. The number of H-pyrrole nitrogens is 1. The van der Waals surface area contributed by atoms with E-state index in [9.17, 15) is 32.8 Å². The van der Waals surface area contributed by atoms with Gasteiger partial charge in [-0.2, -0.15) is 0 Å². The first-order valence-corrected chi connectivity index (χ1v) is 27.8. The minimum atomic E-state index is -4.73. The number of hydrogen-bond donors (Lipinski definition) is 4. The van der Waals surface area contributed by atoms with E-state index in [1.54, 1.807) is 19.1 Å². The van der Waals surface area contributed by atoms with Crippen molar-refractivity contribution in [1.29, 1.82) is 0 Å². The third-order valence-electron chi connectivity index (χ3n) is 16.8. The number of anilines is 2. The minimum absolute atomic E-state index is 0.0120. The van der Waals surface area contributed by atoms with Gasteiger partial charge in [-0.05, 0) is 104 Å². The number of rotatable bonds is 13. The standard InChI is InChI=1S/C57H65FN8O8S/c1-36(2)42-11-7-8-12-43(42)46-32-63(31-37-9-5-4-6-10-37)22-17-49(46)65-34-57(35-65)20-23-64(24-21-57)39-13-14-44(51(25-39)74-40-26-45-47(58)30-60-54(45)59-29-40)55(67)62-75(71,72)41-27-50(66(69)70)53-52(28-41)73-33-48(61-53)38-15-18-56(3,68)19-16-38/h4-14,25-30,36,38,46,48-49,61,68H,15-24,31-35H2,1-3H3,(H,59,60)(H,62,67)/t38?,46-,48-,49-,56?/m1/s1. The van der Waals surface area contributed by atoms with Crippen molar-refractivity contribution in [3.63, 3.8) is 0 Å². The van der Waals surface area contributed by atoms with Crippen LogP contribution in [-0.2, 0) is 16.6 Å². The summed E-state index contributed by atoms with van der Waals surface area (Å²) in [5.74, 6) is -0.593. The van der Waals surface area contributed by atoms with Gasteiger partial charge >= 0.3 is 0 Å². The SMILES string of the molecule is CC(C)c1ccccc1[C@H]1CN(Cc2ccccc2)CC[C@H]1N1CC2(CCN(c3ccc(C(=O)NS(=O)(=O)c4cc5c(c([N+](=O)[O-])c4)N[C@@H](C4CCC(C)(O)CC4)CO5)c(Oc4cnc5[nH]cc(F)c5c4)c3)CC2)C1. The molecular formula is C57H65FN8O8S. The molecule has 3 saturated heterocycles. The third kappa shape index (κ3) is 10.4. The summed E-state index contributed by atoms with van der Waals surface area (Å²) >= 11 is 0. The highest BCUT2D eigenvalue weighted by molar-refractivity contribution is 7.90. The van der Waals surface area contributed by atoms with Crippen molar-refractivity contribution < 1.29 is 37.1 Å². The molecule has 16 nitrogen and oxygen atoms in total. The van der Waals surface area contributed by atoms with Gasteiger partial charge in [0.15, 0.2) is 11.4 Å². The van der Waals surface area contributed by atoms with Crippen LogP contribution >= 0.6 is 0 Å². The number of aliphatic hydroxyl groups is 1. The highest BCUT2D eigenvalue weighted by Gasteiger charge is 2.50. The Balaban J connectivity index is 0.803. The van der Waals surface area contributed by atoms with Gasteiger partial charge in [-0.1, -0.05) is 68.4 Å². The van der Waals surface area contributed by atoms with Gasteiger partial charge in [-0.25, -0.2) is 22.5 Å². The molecule has 1 amide bonds. The number of carbonyl (C=O) groups excluding carboxylic acids is 1. The monoisotopic (exact) mass is 1040 g/mol. The summed E-state index contributed by atoms with van der Waals surface area (Å²) in [6.45, 7) is 13.1. The van der Waals surface area contributed by atoms with E-state index in [1.165, 1.54) is 47.3 Å². The highest BCUT2D eigenvalue weighted by Crippen LogP contribution is 2.48. The molecule has 2 aromatic heterocycles. The van der Waals surface area contributed by atoms with E-state index >= 15 is 0 Å². The lowest BCUT2D eigenvalue weighted by molar-refractivity contribution is -0.384. The molecule has 0 radical (unpaired) electrons. The number of pyridine rings is 1. The molecule has 6 heterocycles. The number of ether oxygens (including phenoxy) is 2. The lowest BCUT2D eigenvalue weighted by atomic mass is 9.69. The number of fused-ring (bicyclic) bond motifs is 2. The summed E-state index contributed by atoms with van der Waals surface area (Å²) in [5, 5.41) is 26.3. The number of piperidine rings is 2. The number of sulfonamides is 1. The van der Waals surface area contributed by atoms with Gasteiger partial charge in [0.05, 0.1) is 38.6 Å². The molecule has 11 rings (SSSR count). The summed E-state index contributed by atoms with van der Waals surface area (Å²) in [6, 6.07) is 28.4. The van der Waals surface area contributed by atoms with Crippen molar-refractivity contribution in [2.45, 2.75) is 107 Å². The Hall–Kier alpha value is -6.60. The number of aromatic nitrogens is 2. The Kier molecular flexibility index (Phi) is 13.6. The second-order valence-electron chi connectivity index (χ2n) is 22.2. The van der Waals surface area contributed by atoms with E-state index in [0.717, 1.165) is 76.8 Å². The summed E-state index contributed by atoms with van der Waals surface area (Å²) in [4.78, 5) is 40.1. The fraction of sp³-hybridized carbons (Fsp3) is 0.439. The molecule has 4 N–H and O–H groups in total. The van der Waals surface area contributed by atoms with Crippen molar-refractivity contribution >= 4 is 44.0 Å². The van der Waals surface area contributed by atoms with E-state index in [4.69, 9.17) is 9.47 Å². The van der Waals surface area contributed by atoms with Crippen LogP contribution in [-0.4, -0.2) is 108 Å². The van der Waals surface area contributed by atoms with Crippen molar-refractivity contribution in [2.24, 2.45) is 11.3 Å². The Bertz CT molecular complexity index is 3220. The largest absolute Gasteiger partial charge is 0.489 e. The van der Waals surface area contributed by atoms with Crippen molar-refractivity contribution in [3.8, 4) is 17.2 Å². The third-order valence-corrected chi connectivity index (χ3v) is 18.1. The number of carbonyl (C=O) groups is 1. The average Bonchev–Trinajstić information content (AvgIpc) is 3.78. The van der Waals surface area contributed by atoms with E-state index in [2.05, 4.69) is 103 Å². The molecule has 1 spiro atoms. The van der Waals surface area contributed by atoms with Crippen LogP contribution in [0.2, 0.25) is 0 Å². The van der Waals surface area contributed by atoms with Gasteiger partial charge in [0.2, 0.25) is 0 Å². The van der Waals surface area contributed by atoms with Crippen LogP contribution in [0.25, 0.3) is 11.0 Å². The number of nitro benzene ring substituents is 1. The first kappa shape index (κ1) is 50.6. The molecule has 1 saturated carbocycles. The van der Waals surface area contributed by atoms with Crippen molar-refractivity contribution in [2.75, 3.05) is 56.1 Å². The Morgan fingerprint density at radius 2 is 1.73 bits per heavy atom. The number of aromatic amines is 1. The number of nitrogens with zero attached hydrogens (tertiary/aromatic N) is 5. The van der Waals surface area contributed by atoms with E-state index in [-0.39, 0.29) is 57.9 Å². The predicted molar refractivity (Wildman–Crippen MR) is 285 cm³/mol. The van der Waals surface area contributed by atoms with Gasteiger partial charge in [0, 0.05) is 87.9 Å². The number of hydrogen-bond acceptors (Lipinski definition) is 13. The lowest BCUT2D eigenvalue weighted by Gasteiger charge is -2.59. The van der Waals surface area contributed by atoms with Gasteiger partial charge in [-0.3, -0.25) is 24.7 Å². The van der Waals surface area contributed by atoms with Crippen LogP contribution in [0.3, 0.4) is 0 Å². The summed E-state index contributed by atoms with van der Waals surface area (Å²) in [5.41, 5.74) is 4.09. The Labute approximate surface area is 436 Å². The van der Waals surface area contributed by atoms with Crippen LogP contribution in [0.4, 0.5) is 21.5 Å². The second-order valence-corrected chi connectivity index (χ2v) is 23.9. The van der Waals surface area contributed by atoms with Gasteiger partial charge in [-0.15, -0.1) is 0 Å². The summed E-state index contributed by atoms with van der Waals surface area (Å²) < 4.78 is 57.3. The molecule has 4 fully saturated rings. The first-order chi connectivity index (χ1) is 36.0. The number of nitrogens with one attached hydrogen (secondary N) is 3. The quantitative estimate of drug-likeness (QED) is 0.0631. The maximum atomic E-state index is 14.8. The minimum Gasteiger partial charge on any atom is -0.489 e.